The molecule has 0 spiro atoms. The van der Waals surface area contributed by atoms with Crippen molar-refractivity contribution in [2.75, 3.05) is 0 Å². The van der Waals surface area contributed by atoms with E-state index < -0.39 is 6.04 Å². The molecule has 0 unspecified atom stereocenters. The predicted octanol–water partition coefficient (Wildman–Crippen LogP) is 2.81. The lowest BCUT2D eigenvalue weighted by molar-refractivity contribution is -0.133. The molecule has 2 aromatic rings. The Morgan fingerprint density at radius 2 is 2.00 bits per heavy atom. The second-order valence-electron chi connectivity index (χ2n) is 5.63. The molecular weight excluding hydrogens is 280 g/mol. The van der Waals surface area contributed by atoms with Crippen molar-refractivity contribution >= 4 is 17.2 Å². The van der Waals surface area contributed by atoms with E-state index in [0.717, 1.165) is 18.4 Å². The molecule has 110 valence electrons. The van der Waals surface area contributed by atoms with Gasteiger partial charge in [0.25, 0.3) is 0 Å². The number of nitrogens with two attached hydrogens (primary N) is 1. The Hall–Kier alpha value is -1.65. The van der Waals surface area contributed by atoms with E-state index >= 15 is 0 Å². The van der Waals surface area contributed by atoms with Crippen molar-refractivity contribution in [3.63, 3.8) is 0 Å². The van der Waals surface area contributed by atoms with Gasteiger partial charge in [0.15, 0.2) is 0 Å². The topological polar surface area (TPSA) is 46.3 Å². The van der Waals surface area contributed by atoms with Gasteiger partial charge in [0.2, 0.25) is 5.91 Å². The maximum absolute atomic E-state index is 12.7. The molecule has 1 saturated carbocycles. The maximum Gasteiger partial charge on any atom is 0.240 e. The fourth-order valence-corrected chi connectivity index (χ4v) is 3.18. The third-order valence-corrected chi connectivity index (χ3v) is 4.55. The van der Waals surface area contributed by atoms with Gasteiger partial charge in [-0.2, -0.15) is 11.3 Å². The quantitative estimate of drug-likeness (QED) is 0.891. The van der Waals surface area contributed by atoms with E-state index in [-0.39, 0.29) is 5.91 Å². The molecular formula is C17H20N2OS. The molecule has 4 heteroatoms. The molecule has 0 saturated heterocycles. The van der Waals surface area contributed by atoms with Gasteiger partial charge in [-0.25, -0.2) is 0 Å². The van der Waals surface area contributed by atoms with Gasteiger partial charge in [0.05, 0.1) is 6.04 Å². The number of carbonyl (C=O) groups is 1. The first kappa shape index (κ1) is 14.3. The minimum Gasteiger partial charge on any atom is -0.334 e. The van der Waals surface area contributed by atoms with Crippen molar-refractivity contribution in [3.8, 4) is 0 Å². The van der Waals surface area contributed by atoms with Gasteiger partial charge < -0.3 is 10.6 Å². The Labute approximate surface area is 129 Å². The summed E-state index contributed by atoms with van der Waals surface area (Å²) in [6.07, 6.45) is 2.81. The zero-order valence-electron chi connectivity index (χ0n) is 11.9. The van der Waals surface area contributed by atoms with E-state index in [2.05, 4.69) is 16.8 Å². The first-order valence-electron chi connectivity index (χ1n) is 7.35. The molecule has 1 amide bonds. The fraction of sp³-hybridized carbons (Fsp3) is 0.353. The summed E-state index contributed by atoms with van der Waals surface area (Å²) in [5, 5.41) is 4.15. The SMILES string of the molecule is N[C@H](Cc1ccccc1)C(=O)N(Cc1ccsc1)C1CC1. The van der Waals surface area contributed by atoms with Crippen LogP contribution in [0.5, 0.6) is 0 Å². The van der Waals surface area contributed by atoms with Crippen LogP contribution in [0.25, 0.3) is 0 Å². The minimum absolute atomic E-state index is 0.0764. The van der Waals surface area contributed by atoms with Crippen LogP contribution in [0.4, 0.5) is 0 Å². The Balaban J connectivity index is 1.66. The Morgan fingerprint density at radius 1 is 1.24 bits per heavy atom. The number of hydrogen-bond acceptors (Lipinski definition) is 3. The van der Waals surface area contributed by atoms with Crippen molar-refractivity contribution in [1.29, 1.82) is 0 Å². The van der Waals surface area contributed by atoms with E-state index in [1.54, 1.807) is 11.3 Å². The third kappa shape index (κ3) is 3.71. The summed E-state index contributed by atoms with van der Waals surface area (Å²) in [6.45, 7) is 0.690. The summed E-state index contributed by atoms with van der Waals surface area (Å²) in [5.74, 6) is 0.0764. The molecule has 3 nitrogen and oxygen atoms in total. The van der Waals surface area contributed by atoms with Gasteiger partial charge in [-0.05, 0) is 47.2 Å². The van der Waals surface area contributed by atoms with Crippen LogP contribution < -0.4 is 5.73 Å². The second kappa shape index (κ2) is 6.41. The standard InChI is InChI=1S/C17H20N2OS/c18-16(10-13-4-2-1-3-5-13)17(20)19(15-6-7-15)11-14-8-9-21-12-14/h1-5,8-9,12,15-16H,6-7,10-11,18H2/t16-/m1/s1. The number of thiophene rings is 1. The largest absolute Gasteiger partial charge is 0.334 e. The number of rotatable bonds is 6. The van der Waals surface area contributed by atoms with Crippen LogP contribution in [0.1, 0.15) is 24.0 Å². The lowest BCUT2D eigenvalue weighted by Crippen LogP contribution is -2.45. The van der Waals surface area contributed by atoms with Gasteiger partial charge in [-0.3, -0.25) is 4.79 Å². The van der Waals surface area contributed by atoms with Crippen molar-refractivity contribution in [3.05, 3.63) is 58.3 Å². The van der Waals surface area contributed by atoms with Gasteiger partial charge in [-0.15, -0.1) is 0 Å². The van der Waals surface area contributed by atoms with Crippen molar-refractivity contribution in [2.45, 2.75) is 37.9 Å². The van der Waals surface area contributed by atoms with Crippen LogP contribution in [0.3, 0.4) is 0 Å². The van der Waals surface area contributed by atoms with E-state index in [9.17, 15) is 4.79 Å². The van der Waals surface area contributed by atoms with Crippen LogP contribution >= 0.6 is 11.3 Å². The molecule has 1 aromatic heterocycles. The van der Waals surface area contributed by atoms with Crippen molar-refractivity contribution in [1.82, 2.24) is 4.90 Å². The summed E-state index contributed by atoms with van der Waals surface area (Å²) < 4.78 is 0. The molecule has 3 rings (SSSR count). The third-order valence-electron chi connectivity index (χ3n) is 3.82. The van der Waals surface area contributed by atoms with Gasteiger partial charge in [0.1, 0.15) is 0 Å². The molecule has 1 aromatic carbocycles. The zero-order chi connectivity index (χ0) is 14.7. The smallest absolute Gasteiger partial charge is 0.240 e. The summed E-state index contributed by atoms with van der Waals surface area (Å²) in [6, 6.07) is 12.0. The Kier molecular flexibility index (Phi) is 4.36. The van der Waals surface area contributed by atoms with E-state index in [1.165, 1.54) is 5.56 Å². The first-order valence-corrected chi connectivity index (χ1v) is 8.29. The average Bonchev–Trinajstić information content (AvgIpc) is 3.21. The molecule has 2 N–H and O–H groups in total. The highest BCUT2D eigenvalue weighted by Crippen LogP contribution is 2.29. The van der Waals surface area contributed by atoms with Crippen LogP contribution in [0.15, 0.2) is 47.2 Å². The molecule has 0 radical (unpaired) electrons. The molecule has 1 heterocycles. The molecule has 0 bridgehead atoms. The summed E-state index contributed by atoms with van der Waals surface area (Å²) in [7, 11) is 0. The second-order valence-corrected chi connectivity index (χ2v) is 6.41. The first-order chi connectivity index (χ1) is 10.2. The van der Waals surface area contributed by atoms with Crippen LogP contribution in [-0.4, -0.2) is 22.9 Å². The predicted molar refractivity (Wildman–Crippen MR) is 86.0 cm³/mol. The number of amides is 1. The molecule has 1 fully saturated rings. The van der Waals surface area contributed by atoms with E-state index in [1.807, 2.05) is 35.2 Å². The number of carbonyl (C=O) groups excluding carboxylic acids is 1. The molecule has 1 aliphatic carbocycles. The van der Waals surface area contributed by atoms with Crippen LogP contribution in [0, 0.1) is 0 Å². The van der Waals surface area contributed by atoms with Crippen molar-refractivity contribution in [2.24, 2.45) is 5.73 Å². The lowest BCUT2D eigenvalue weighted by atomic mass is 10.1. The fourth-order valence-electron chi connectivity index (χ4n) is 2.52. The highest BCUT2D eigenvalue weighted by atomic mass is 32.1. The Morgan fingerprint density at radius 3 is 2.62 bits per heavy atom. The highest BCUT2D eigenvalue weighted by molar-refractivity contribution is 7.07. The van der Waals surface area contributed by atoms with E-state index in [0.29, 0.717) is 19.0 Å². The molecule has 1 aliphatic rings. The average molecular weight is 300 g/mol. The van der Waals surface area contributed by atoms with Crippen LogP contribution in [-0.2, 0) is 17.8 Å². The Bertz CT molecular complexity index is 578. The monoisotopic (exact) mass is 300 g/mol. The number of nitrogens with zero attached hydrogens (tertiary/aromatic N) is 1. The lowest BCUT2D eigenvalue weighted by Gasteiger charge is -2.25. The molecule has 21 heavy (non-hydrogen) atoms. The zero-order valence-corrected chi connectivity index (χ0v) is 12.8. The number of hydrogen-bond donors (Lipinski definition) is 1. The van der Waals surface area contributed by atoms with Gasteiger partial charge in [0, 0.05) is 12.6 Å². The molecule has 1 atom stereocenters. The molecule has 0 aliphatic heterocycles. The number of benzene rings is 1. The normalized spacial score (nSPS) is 15.7. The highest BCUT2D eigenvalue weighted by Gasteiger charge is 2.34. The summed E-state index contributed by atoms with van der Waals surface area (Å²) >= 11 is 1.67. The van der Waals surface area contributed by atoms with E-state index in [4.69, 9.17) is 5.73 Å². The summed E-state index contributed by atoms with van der Waals surface area (Å²) in [4.78, 5) is 14.6. The van der Waals surface area contributed by atoms with Gasteiger partial charge in [-0.1, -0.05) is 30.3 Å². The van der Waals surface area contributed by atoms with Crippen LogP contribution in [0.2, 0.25) is 0 Å². The minimum atomic E-state index is -0.452. The van der Waals surface area contributed by atoms with Crippen molar-refractivity contribution < 1.29 is 4.79 Å². The maximum atomic E-state index is 12.7. The summed E-state index contributed by atoms with van der Waals surface area (Å²) in [5.41, 5.74) is 8.47. The van der Waals surface area contributed by atoms with Gasteiger partial charge >= 0.3 is 0 Å².